The van der Waals surface area contributed by atoms with Crippen molar-refractivity contribution in [1.82, 2.24) is 20.4 Å². The number of aliphatic carboxylic acids is 1. The number of rotatable bonds is 9. The molecule has 3 heterocycles. The largest absolute Gasteiger partial charge is 0.477 e. The topological polar surface area (TPSA) is 145 Å². The summed E-state index contributed by atoms with van der Waals surface area (Å²) in [5.41, 5.74) is 6.02. The maximum Gasteiger partial charge on any atom is 0.353 e. The van der Waals surface area contributed by atoms with Crippen LogP contribution < -0.4 is 16.4 Å². The molecule has 11 heteroatoms. The third-order valence-electron chi connectivity index (χ3n) is 6.89. The fourth-order valence-electron chi connectivity index (χ4n) is 5.21. The highest BCUT2D eigenvalue weighted by Crippen LogP contribution is 2.51. The summed E-state index contributed by atoms with van der Waals surface area (Å²) in [4.78, 5) is 53.6. The molecule has 2 fully saturated rings. The second-order valence-electron chi connectivity index (χ2n) is 10.2. The van der Waals surface area contributed by atoms with Crippen LogP contribution in [0.1, 0.15) is 40.5 Å². The van der Waals surface area contributed by atoms with E-state index < -0.39 is 24.0 Å². The van der Waals surface area contributed by atoms with Crippen molar-refractivity contribution in [2.75, 3.05) is 20.6 Å². The molecule has 2 saturated heterocycles. The van der Waals surface area contributed by atoms with Crippen LogP contribution in [0.2, 0.25) is 0 Å². The van der Waals surface area contributed by atoms with Gasteiger partial charge in [0.1, 0.15) is 5.70 Å². The summed E-state index contributed by atoms with van der Waals surface area (Å²) in [6.07, 6.45) is 1.13. The van der Waals surface area contributed by atoms with Crippen molar-refractivity contribution in [3.8, 4) is 0 Å². The molecule has 5 N–H and O–H groups in total. The Balaban J connectivity index is 1.71. The molecule has 190 valence electrons. The van der Waals surface area contributed by atoms with Crippen LogP contribution in [0.15, 0.2) is 10.6 Å². The van der Waals surface area contributed by atoms with Crippen LogP contribution in [-0.4, -0.2) is 88.7 Å². The van der Waals surface area contributed by atoms with Crippen molar-refractivity contribution in [2.24, 2.45) is 23.5 Å². The molecule has 3 rings (SSSR count). The molecule has 34 heavy (non-hydrogen) atoms. The van der Waals surface area contributed by atoms with Gasteiger partial charge in [0.25, 0.3) is 0 Å². The van der Waals surface area contributed by atoms with Gasteiger partial charge in [-0.05, 0) is 25.7 Å². The first kappa shape index (κ1) is 26.5. The lowest BCUT2D eigenvalue weighted by molar-refractivity contribution is -0.158. The van der Waals surface area contributed by atoms with Crippen molar-refractivity contribution < 1.29 is 24.3 Å². The van der Waals surface area contributed by atoms with Crippen molar-refractivity contribution in [3.05, 3.63) is 10.6 Å². The first-order valence-electron chi connectivity index (χ1n) is 11.8. The van der Waals surface area contributed by atoms with E-state index in [9.17, 15) is 24.3 Å². The summed E-state index contributed by atoms with van der Waals surface area (Å²) in [5, 5.41) is 16.0. The van der Waals surface area contributed by atoms with E-state index in [2.05, 4.69) is 10.6 Å². The fraction of sp³-hybridized carbons (Fsp3) is 0.739. The summed E-state index contributed by atoms with van der Waals surface area (Å²) in [5.74, 6) is -2.16. The van der Waals surface area contributed by atoms with Crippen LogP contribution in [0.25, 0.3) is 0 Å². The third-order valence-corrected chi connectivity index (χ3v) is 8.40. The van der Waals surface area contributed by atoms with Gasteiger partial charge in [0.2, 0.25) is 17.7 Å². The standard InChI is InChI=1S/C23H37N5O5S/c1-10(2)7-14(24)20(29)26-12(4)16-17-11(3)19(18(23(32)33)28(17)22(16)31)34-13-8-15(25-9-13)21(30)27(5)6/h10-17,25H,7-9,24H2,1-6H3,(H,26,29)(H,32,33)/t11-,12-,13+,14-,15+,16-,17-/m1/s1. The van der Waals surface area contributed by atoms with Gasteiger partial charge in [-0.25, -0.2) is 4.79 Å². The Morgan fingerprint density at radius 1 is 1.29 bits per heavy atom. The van der Waals surface area contributed by atoms with Gasteiger partial charge in [0.05, 0.1) is 24.0 Å². The Kier molecular flexibility index (Phi) is 7.99. The highest BCUT2D eigenvalue weighted by molar-refractivity contribution is 8.03. The molecule has 3 amide bonds. The lowest BCUT2D eigenvalue weighted by atomic mass is 9.78. The van der Waals surface area contributed by atoms with E-state index in [0.29, 0.717) is 24.3 Å². The molecule has 3 aliphatic heterocycles. The van der Waals surface area contributed by atoms with Crippen LogP contribution >= 0.6 is 11.8 Å². The number of likely N-dealkylation sites (N-methyl/N-ethyl adjacent to an activating group) is 1. The zero-order chi connectivity index (χ0) is 25.5. The quantitative estimate of drug-likeness (QED) is 0.332. The number of nitrogens with zero attached hydrogens (tertiary/aromatic N) is 2. The molecule has 3 aliphatic rings. The Morgan fingerprint density at radius 3 is 2.50 bits per heavy atom. The molecule has 0 radical (unpaired) electrons. The lowest BCUT2D eigenvalue weighted by Gasteiger charge is -2.47. The van der Waals surface area contributed by atoms with Gasteiger partial charge in [-0.1, -0.05) is 20.8 Å². The predicted molar refractivity (Wildman–Crippen MR) is 129 cm³/mol. The predicted octanol–water partition coefficient (Wildman–Crippen LogP) is 0.189. The summed E-state index contributed by atoms with van der Waals surface area (Å²) in [6.45, 7) is 8.26. The van der Waals surface area contributed by atoms with Crippen molar-refractivity contribution in [3.63, 3.8) is 0 Å². The van der Waals surface area contributed by atoms with E-state index in [4.69, 9.17) is 5.73 Å². The summed E-state index contributed by atoms with van der Waals surface area (Å²) >= 11 is 1.45. The first-order chi connectivity index (χ1) is 15.8. The number of β-lactam (4-membered cyclic amide) rings is 1. The number of fused-ring (bicyclic) bond motifs is 1. The second kappa shape index (κ2) is 10.2. The Bertz CT molecular complexity index is 891. The minimum Gasteiger partial charge on any atom is -0.477 e. The number of amides is 3. The number of nitrogens with two attached hydrogens (primary N) is 1. The van der Waals surface area contributed by atoms with Crippen LogP contribution in [0.5, 0.6) is 0 Å². The SMILES string of the molecule is CC(C)C[C@@H](N)C(=O)N[C@H](C)[C@H]1C(=O)N2C(C(=O)O)=C(S[C@@H]3CN[C@H](C(=O)N(C)C)C3)[C@H](C)[C@H]12. The van der Waals surface area contributed by atoms with Crippen LogP contribution in [0.3, 0.4) is 0 Å². The Hall–Kier alpha value is -2.11. The number of carbonyl (C=O) groups is 4. The summed E-state index contributed by atoms with van der Waals surface area (Å²) in [6, 6.07) is -1.74. The number of nitrogens with one attached hydrogen (secondary N) is 2. The summed E-state index contributed by atoms with van der Waals surface area (Å²) < 4.78 is 0. The smallest absolute Gasteiger partial charge is 0.353 e. The van der Waals surface area contributed by atoms with Crippen LogP contribution in [-0.2, 0) is 19.2 Å². The van der Waals surface area contributed by atoms with E-state index in [1.54, 1.807) is 25.9 Å². The summed E-state index contributed by atoms with van der Waals surface area (Å²) in [7, 11) is 3.42. The molecule has 0 spiro atoms. The normalized spacial score (nSPS) is 30.2. The highest BCUT2D eigenvalue weighted by Gasteiger charge is 2.60. The van der Waals surface area contributed by atoms with E-state index in [1.807, 2.05) is 20.8 Å². The number of thioether (sulfide) groups is 1. The second-order valence-corrected chi connectivity index (χ2v) is 11.6. The third kappa shape index (κ3) is 4.96. The number of hydrogen-bond donors (Lipinski definition) is 4. The monoisotopic (exact) mass is 495 g/mol. The van der Waals surface area contributed by atoms with Gasteiger partial charge >= 0.3 is 5.97 Å². The molecule has 0 aromatic carbocycles. The molecular formula is C23H37N5O5S. The molecular weight excluding hydrogens is 458 g/mol. The van der Waals surface area contributed by atoms with E-state index in [-0.39, 0.29) is 52.6 Å². The highest BCUT2D eigenvalue weighted by atomic mass is 32.2. The molecule has 0 bridgehead atoms. The Morgan fingerprint density at radius 2 is 1.94 bits per heavy atom. The van der Waals surface area contributed by atoms with E-state index in [1.165, 1.54) is 16.7 Å². The van der Waals surface area contributed by atoms with Crippen LogP contribution in [0, 0.1) is 17.8 Å². The zero-order valence-corrected chi connectivity index (χ0v) is 21.5. The molecule has 10 nitrogen and oxygen atoms in total. The van der Waals surface area contributed by atoms with Crippen molar-refractivity contribution in [2.45, 2.75) is 70.0 Å². The van der Waals surface area contributed by atoms with E-state index in [0.717, 1.165) is 0 Å². The zero-order valence-electron chi connectivity index (χ0n) is 20.7. The van der Waals surface area contributed by atoms with Gasteiger partial charge in [-0.3, -0.25) is 14.4 Å². The van der Waals surface area contributed by atoms with Gasteiger partial charge in [0.15, 0.2) is 0 Å². The van der Waals surface area contributed by atoms with Gasteiger partial charge in [0, 0.05) is 42.8 Å². The molecule has 7 atom stereocenters. The molecule has 0 aromatic heterocycles. The van der Waals surface area contributed by atoms with Gasteiger partial charge in [-0.2, -0.15) is 0 Å². The van der Waals surface area contributed by atoms with Crippen molar-refractivity contribution >= 4 is 35.5 Å². The first-order valence-corrected chi connectivity index (χ1v) is 12.7. The average molecular weight is 496 g/mol. The maximum absolute atomic E-state index is 13.0. The molecule has 0 aromatic rings. The Labute approximate surface area is 205 Å². The lowest BCUT2D eigenvalue weighted by Crippen LogP contribution is -2.66. The molecule has 0 unspecified atom stereocenters. The minimum atomic E-state index is -1.13. The maximum atomic E-state index is 13.0. The van der Waals surface area contributed by atoms with E-state index >= 15 is 0 Å². The number of hydrogen-bond acceptors (Lipinski definition) is 7. The fourth-order valence-corrected chi connectivity index (χ4v) is 6.68. The van der Waals surface area contributed by atoms with Crippen LogP contribution in [0.4, 0.5) is 0 Å². The molecule has 0 aliphatic carbocycles. The number of carboxylic acids is 1. The molecule has 0 saturated carbocycles. The minimum absolute atomic E-state index is 0.00527. The number of carboxylic acid groups (broad SMARTS) is 1. The average Bonchev–Trinajstić information content (AvgIpc) is 3.29. The van der Waals surface area contributed by atoms with Gasteiger partial charge < -0.3 is 31.3 Å². The van der Waals surface area contributed by atoms with Gasteiger partial charge in [-0.15, -0.1) is 11.8 Å². The number of carbonyl (C=O) groups excluding carboxylic acids is 3. The van der Waals surface area contributed by atoms with Crippen molar-refractivity contribution in [1.29, 1.82) is 0 Å².